The van der Waals surface area contributed by atoms with Gasteiger partial charge in [0.25, 0.3) is 5.91 Å². The Hall–Kier alpha value is -2.95. The number of halogens is 3. The van der Waals surface area contributed by atoms with E-state index in [0.29, 0.717) is 0 Å². The second-order valence-electron chi connectivity index (χ2n) is 5.90. The standard InChI is InChI=1S/C16H14F3N3O5/c1-26-10-6-11(14(24)25)22(7-10)13(23)9-4-2-8(3-5-9)12-20-15(27-21-12)16(17,18)19/h2-5,10-11H,6-7H2,1H3,(H,24,25). The summed E-state index contributed by atoms with van der Waals surface area (Å²) in [5, 5.41) is 12.6. The van der Waals surface area contributed by atoms with Crippen LogP contribution in [0.3, 0.4) is 0 Å². The number of nitrogens with zero attached hydrogens (tertiary/aromatic N) is 3. The number of ether oxygens (including phenoxy) is 1. The summed E-state index contributed by atoms with van der Waals surface area (Å²) in [6, 6.07) is 4.44. The summed E-state index contributed by atoms with van der Waals surface area (Å²) < 4.78 is 46.9. The fourth-order valence-electron chi connectivity index (χ4n) is 2.81. The maximum atomic E-state index is 12.6. The Labute approximate surface area is 150 Å². The lowest BCUT2D eigenvalue weighted by Gasteiger charge is -2.21. The number of hydrogen-bond acceptors (Lipinski definition) is 6. The maximum Gasteiger partial charge on any atom is 0.471 e. The number of carboxylic acid groups (broad SMARTS) is 1. The molecule has 0 radical (unpaired) electrons. The molecular weight excluding hydrogens is 371 g/mol. The van der Waals surface area contributed by atoms with E-state index in [1.165, 1.54) is 36.3 Å². The third-order valence-electron chi connectivity index (χ3n) is 4.20. The van der Waals surface area contributed by atoms with E-state index < -0.39 is 30.0 Å². The number of hydrogen-bond donors (Lipinski definition) is 1. The largest absolute Gasteiger partial charge is 0.480 e. The van der Waals surface area contributed by atoms with Crippen LogP contribution in [0, 0.1) is 0 Å². The van der Waals surface area contributed by atoms with Crippen molar-refractivity contribution >= 4 is 11.9 Å². The minimum atomic E-state index is -4.75. The monoisotopic (exact) mass is 385 g/mol. The number of carboxylic acids is 1. The van der Waals surface area contributed by atoms with Crippen LogP contribution in [-0.2, 0) is 15.7 Å². The van der Waals surface area contributed by atoms with Gasteiger partial charge in [0.15, 0.2) is 0 Å². The summed E-state index contributed by atoms with van der Waals surface area (Å²) in [6.07, 6.45) is -4.95. The minimum Gasteiger partial charge on any atom is -0.480 e. The van der Waals surface area contributed by atoms with Gasteiger partial charge in [-0.15, -0.1) is 0 Å². The zero-order chi connectivity index (χ0) is 19.8. The predicted molar refractivity (Wildman–Crippen MR) is 82.6 cm³/mol. The van der Waals surface area contributed by atoms with Crippen LogP contribution >= 0.6 is 0 Å². The van der Waals surface area contributed by atoms with Crippen molar-refractivity contribution in [1.82, 2.24) is 15.0 Å². The van der Waals surface area contributed by atoms with E-state index >= 15 is 0 Å². The molecule has 8 nitrogen and oxygen atoms in total. The molecule has 2 aromatic rings. The third-order valence-corrected chi connectivity index (χ3v) is 4.20. The molecule has 0 saturated carbocycles. The molecule has 3 rings (SSSR count). The van der Waals surface area contributed by atoms with Crippen molar-refractivity contribution in [2.24, 2.45) is 0 Å². The lowest BCUT2D eigenvalue weighted by molar-refractivity contribution is -0.159. The van der Waals surface area contributed by atoms with Gasteiger partial charge in [0.2, 0.25) is 5.82 Å². The van der Waals surface area contributed by atoms with E-state index in [4.69, 9.17) is 4.74 Å². The zero-order valence-corrected chi connectivity index (χ0v) is 13.9. The van der Waals surface area contributed by atoms with Gasteiger partial charge in [0.05, 0.1) is 6.10 Å². The molecule has 1 aliphatic rings. The Bertz CT molecular complexity index is 850. The number of methoxy groups -OCH3 is 1. The summed E-state index contributed by atoms with van der Waals surface area (Å²) in [6.45, 7) is 0.133. The van der Waals surface area contributed by atoms with Crippen molar-refractivity contribution < 1.29 is 37.1 Å². The molecule has 2 unspecified atom stereocenters. The number of aliphatic carboxylic acids is 1. The van der Waals surface area contributed by atoms with Gasteiger partial charge in [-0.1, -0.05) is 17.3 Å². The summed E-state index contributed by atoms with van der Waals surface area (Å²) in [5.74, 6) is -3.39. The van der Waals surface area contributed by atoms with Gasteiger partial charge < -0.3 is 19.3 Å². The molecule has 11 heteroatoms. The van der Waals surface area contributed by atoms with Crippen LogP contribution in [0.2, 0.25) is 0 Å². The van der Waals surface area contributed by atoms with Crippen molar-refractivity contribution in [2.75, 3.05) is 13.7 Å². The quantitative estimate of drug-likeness (QED) is 0.859. The van der Waals surface area contributed by atoms with E-state index in [1.54, 1.807) is 0 Å². The van der Waals surface area contributed by atoms with Gasteiger partial charge in [-0.25, -0.2) is 4.79 Å². The van der Waals surface area contributed by atoms with Crippen molar-refractivity contribution in [2.45, 2.75) is 24.7 Å². The number of benzene rings is 1. The first-order valence-corrected chi connectivity index (χ1v) is 7.78. The van der Waals surface area contributed by atoms with Crippen LogP contribution in [0.25, 0.3) is 11.4 Å². The molecule has 2 heterocycles. The van der Waals surface area contributed by atoms with Gasteiger partial charge >= 0.3 is 18.0 Å². The average molecular weight is 385 g/mol. The number of rotatable bonds is 4. The molecule has 1 amide bonds. The fourth-order valence-corrected chi connectivity index (χ4v) is 2.81. The first kappa shape index (κ1) is 18.8. The molecular formula is C16H14F3N3O5. The van der Waals surface area contributed by atoms with Crippen molar-refractivity contribution in [3.8, 4) is 11.4 Å². The summed E-state index contributed by atoms with van der Waals surface area (Å²) in [5.41, 5.74) is 0.401. The van der Waals surface area contributed by atoms with Gasteiger partial charge in [0.1, 0.15) is 6.04 Å². The van der Waals surface area contributed by atoms with Gasteiger partial charge in [-0.2, -0.15) is 18.2 Å². The minimum absolute atomic E-state index is 0.133. The SMILES string of the molecule is COC1CC(C(=O)O)N(C(=O)c2ccc(-c3noc(C(F)(F)F)n3)cc2)C1. The number of carbonyl (C=O) groups excluding carboxylic acids is 1. The fraction of sp³-hybridized carbons (Fsp3) is 0.375. The zero-order valence-electron chi connectivity index (χ0n) is 13.9. The number of carbonyl (C=O) groups is 2. The lowest BCUT2D eigenvalue weighted by Crippen LogP contribution is -2.40. The van der Waals surface area contributed by atoms with E-state index in [1.807, 2.05) is 0 Å². The molecule has 1 aromatic carbocycles. The Kier molecular flexibility index (Phi) is 4.87. The van der Waals surface area contributed by atoms with Crippen molar-refractivity contribution in [1.29, 1.82) is 0 Å². The lowest BCUT2D eigenvalue weighted by atomic mass is 10.1. The van der Waals surface area contributed by atoms with Crippen LogP contribution in [0.15, 0.2) is 28.8 Å². The molecule has 27 heavy (non-hydrogen) atoms. The third kappa shape index (κ3) is 3.77. The molecule has 1 aromatic heterocycles. The average Bonchev–Trinajstić information content (AvgIpc) is 3.28. The molecule has 144 valence electrons. The molecule has 0 aliphatic carbocycles. The maximum absolute atomic E-state index is 12.6. The molecule has 2 atom stereocenters. The second kappa shape index (κ2) is 6.99. The molecule has 1 saturated heterocycles. The summed E-state index contributed by atoms with van der Waals surface area (Å²) >= 11 is 0. The highest BCUT2D eigenvalue weighted by atomic mass is 19.4. The van der Waals surface area contributed by atoms with Gasteiger partial charge in [0, 0.05) is 31.2 Å². The number of aromatic nitrogens is 2. The summed E-state index contributed by atoms with van der Waals surface area (Å²) in [7, 11) is 1.44. The van der Waals surface area contributed by atoms with E-state index in [2.05, 4.69) is 14.7 Å². The predicted octanol–water partition coefficient (Wildman–Crippen LogP) is 2.07. The first-order valence-electron chi connectivity index (χ1n) is 7.78. The Balaban J connectivity index is 1.79. The number of alkyl halides is 3. The van der Waals surface area contributed by atoms with Crippen molar-refractivity contribution in [3.05, 3.63) is 35.7 Å². The van der Waals surface area contributed by atoms with Crippen LogP contribution in [0.5, 0.6) is 0 Å². The van der Waals surface area contributed by atoms with E-state index in [0.717, 1.165) is 0 Å². The molecule has 1 N–H and O–H groups in total. The Morgan fingerprint density at radius 2 is 1.96 bits per heavy atom. The van der Waals surface area contributed by atoms with Crippen molar-refractivity contribution in [3.63, 3.8) is 0 Å². The highest BCUT2D eigenvalue weighted by Crippen LogP contribution is 2.29. The Morgan fingerprint density at radius 3 is 2.48 bits per heavy atom. The number of likely N-dealkylation sites (tertiary alicyclic amines) is 1. The molecule has 1 aliphatic heterocycles. The normalized spacial score (nSPS) is 20.1. The van der Waals surface area contributed by atoms with Crippen LogP contribution < -0.4 is 0 Å². The van der Waals surface area contributed by atoms with Gasteiger partial charge in [-0.3, -0.25) is 4.79 Å². The first-order chi connectivity index (χ1) is 12.7. The smallest absolute Gasteiger partial charge is 0.471 e. The number of amides is 1. The summed E-state index contributed by atoms with van der Waals surface area (Å²) in [4.78, 5) is 28.4. The van der Waals surface area contributed by atoms with Crippen LogP contribution in [-0.4, -0.2) is 57.8 Å². The Morgan fingerprint density at radius 1 is 1.30 bits per heavy atom. The molecule has 0 bridgehead atoms. The van der Waals surface area contributed by atoms with Gasteiger partial charge in [-0.05, 0) is 12.1 Å². The topological polar surface area (TPSA) is 106 Å². The highest BCUT2D eigenvalue weighted by molar-refractivity contribution is 5.97. The van der Waals surface area contributed by atoms with Crippen LogP contribution in [0.1, 0.15) is 22.7 Å². The van der Waals surface area contributed by atoms with Crippen LogP contribution in [0.4, 0.5) is 13.2 Å². The van der Waals surface area contributed by atoms with E-state index in [9.17, 15) is 27.9 Å². The second-order valence-corrected chi connectivity index (χ2v) is 5.90. The molecule has 1 fully saturated rings. The van der Waals surface area contributed by atoms with E-state index in [-0.39, 0.29) is 36.0 Å². The molecule has 0 spiro atoms. The highest BCUT2D eigenvalue weighted by Gasteiger charge is 2.40.